The molecule has 49 heavy (non-hydrogen) atoms. The standard InChI is InChI=1S/C22H31N3.3C4H4O4/c1-23(2)14-13-22(21-11-7-4-8-12-21)25-17-15-24(16-18-25)19-20-9-5-3-6-10-20;3*5-3(6)1-2-4(7)8/h3-12,22H,13-19H2,1-2H3;3*1-2H,(H,5,6)(H,7,8)/b;3*2-1+. The van der Waals surface area contributed by atoms with Gasteiger partial charge in [-0.25, -0.2) is 28.8 Å². The van der Waals surface area contributed by atoms with Crippen LogP contribution in [0.3, 0.4) is 0 Å². The Bertz CT molecular complexity index is 1270. The lowest BCUT2D eigenvalue weighted by atomic mass is 10.0. The van der Waals surface area contributed by atoms with Crippen molar-refractivity contribution in [3.63, 3.8) is 0 Å². The zero-order valence-corrected chi connectivity index (χ0v) is 27.2. The third-order valence-electron chi connectivity index (χ3n) is 6.24. The number of hydrogen-bond donors (Lipinski definition) is 6. The maximum atomic E-state index is 9.55. The smallest absolute Gasteiger partial charge is 0.328 e. The van der Waals surface area contributed by atoms with Crippen molar-refractivity contribution in [1.29, 1.82) is 0 Å². The van der Waals surface area contributed by atoms with Crippen LogP contribution in [0.15, 0.2) is 97.1 Å². The molecule has 2 aromatic carbocycles. The maximum absolute atomic E-state index is 9.55. The molecule has 0 bridgehead atoms. The molecule has 1 atom stereocenters. The highest BCUT2D eigenvalue weighted by atomic mass is 16.4. The molecule has 1 unspecified atom stereocenters. The number of piperazine rings is 1. The van der Waals surface area contributed by atoms with Crippen LogP contribution in [-0.2, 0) is 35.3 Å². The van der Waals surface area contributed by atoms with E-state index >= 15 is 0 Å². The number of carbonyl (C=O) groups is 6. The van der Waals surface area contributed by atoms with Crippen molar-refractivity contribution in [2.24, 2.45) is 0 Å². The van der Waals surface area contributed by atoms with E-state index in [1.54, 1.807) is 0 Å². The average molecular weight is 686 g/mol. The minimum atomic E-state index is -1.26. The second-order valence-corrected chi connectivity index (χ2v) is 10.3. The van der Waals surface area contributed by atoms with Crippen LogP contribution in [-0.4, -0.2) is 128 Å². The lowest BCUT2D eigenvalue weighted by Gasteiger charge is -2.40. The van der Waals surface area contributed by atoms with Gasteiger partial charge in [-0.2, -0.15) is 0 Å². The minimum absolute atomic E-state index is 0.530. The summed E-state index contributed by atoms with van der Waals surface area (Å²) in [5, 5.41) is 46.9. The summed E-state index contributed by atoms with van der Waals surface area (Å²) in [6.07, 6.45) is 4.54. The first-order chi connectivity index (χ1) is 23.1. The Kier molecular flexibility index (Phi) is 22.5. The number of aliphatic carboxylic acids is 6. The lowest BCUT2D eigenvalue weighted by Crippen LogP contribution is -2.47. The highest BCUT2D eigenvalue weighted by Crippen LogP contribution is 2.26. The van der Waals surface area contributed by atoms with E-state index < -0.39 is 35.8 Å². The molecule has 2 aromatic rings. The summed E-state index contributed by atoms with van der Waals surface area (Å²) in [5.74, 6) is -7.54. The topological polar surface area (TPSA) is 234 Å². The second-order valence-electron chi connectivity index (χ2n) is 10.3. The van der Waals surface area contributed by atoms with E-state index in [0.717, 1.165) is 39.3 Å². The number of carboxylic acid groups (broad SMARTS) is 6. The number of rotatable bonds is 13. The monoisotopic (exact) mass is 685 g/mol. The molecule has 0 amide bonds. The van der Waals surface area contributed by atoms with Crippen molar-refractivity contribution in [2.45, 2.75) is 19.0 Å². The normalized spacial score (nSPS) is 13.7. The van der Waals surface area contributed by atoms with E-state index in [0.29, 0.717) is 42.5 Å². The SMILES string of the molecule is CN(C)CCC(c1ccccc1)N1CCN(Cc2ccccc2)CC1.O=C(O)/C=C/C(=O)O.O=C(O)/C=C/C(=O)O.O=C(O)/C=C/C(=O)O. The van der Waals surface area contributed by atoms with Gasteiger partial charge >= 0.3 is 35.8 Å². The first-order valence-electron chi connectivity index (χ1n) is 14.7. The Morgan fingerprint density at radius 3 is 1.27 bits per heavy atom. The van der Waals surface area contributed by atoms with Crippen LogP contribution < -0.4 is 0 Å². The molecular weight excluding hydrogens is 642 g/mol. The van der Waals surface area contributed by atoms with Crippen LogP contribution in [0.2, 0.25) is 0 Å². The first kappa shape index (κ1) is 43.4. The van der Waals surface area contributed by atoms with E-state index in [1.807, 2.05) is 0 Å². The van der Waals surface area contributed by atoms with Crippen molar-refractivity contribution in [1.82, 2.24) is 14.7 Å². The van der Waals surface area contributed by atoms with Crippen molar-refractivity contribution >= 4 is 35.8 Å². The Balaban J connectivity index is 0.000000786. The van der Waals surface area contributed by atoms with Crippen molar-refractivity contribution in [3.8, 4) is 0 Å². The second kappa shape index (κ2) is 25.4. The number of benzene rings is 2. The molecule has 0 radical (unpaired) electrons. The Hall–Kier alpha value is -5.64. The molecule has 6 N–H and O–H groups in total. The van der Waals surface area contributed by atoms with Crippen LogP contribution >= 0.6 is 0 Å². The van der Waals surface area contributed by atoms with Crippen LogP contribution in [0.4, 0.5) is 0 Å². The molecule has 0 aromatic heterocycles. The van der Waals surface area contributed by atoms with Gasteiger partial charge in [0, 0.05) is 75.2 Å². The van der Waals surface area contributed by atoms with Gasteiger partial charge in [0.05, 0.1) is 0 Å². The van der Waals surface area contributed by atoms with Gasteiger partial charge in [0.1, 0.15) is 0 Å². The van der Waals surface area contributed by atoms with E-state index in [4.69, 9.17) is 30.6 Å². The summed E-state index contributed by atoms with van der Waals surface area (Å²) in [4.78, 5) is 64.9. The molecule has 1 aliphatic heterocycles. The zero-order chi connectivity index (χ0) is 37.2. The molecule has 3 rings (SSSR count). The summed E-state index contributed by atoms with van der Waals surface area (Å²) in [6, 6.07) is 22.4. The van der Waals surface area contributed by atoms with Gasteiger partial charge < -0.3 is 35.5 Å². The van der Waals surface area contributed by atoms with Crippen molar-refractivity contribution in [2.75, 3.05) is 46.8 Å². The Morgan fingerprint density at radius 2 is 0.939 bits per heavy atom. The van der Waals surface area contributed by atoms with Crippen LogP contribution in [0.1, 0.15) is 23.6 Å². The van der Waals surface area contributed by atoms with Gasteiger partial charge in [0.15, 0.2) is 0 Å². The summed E-state index contributed by atoms with van der Waals surface area (Å²) in [5.41, 5.74) is 2.88. The van der Waals surface area contributed by atoms with Gasteiger partial charge in [-0.15, -0.1) is 0 Å². The fourth-order valence-corrected chi connectivity index (χ4v) is 4.12. The summed E-state index contributed by atoms with van der Waals surface area (Å²) >= 11 is 0. The molecular formula is C34H43N3O12. The fourth-order valence-electron chi connectivity index (χ4n) is 4.12. The number of hydrogen-bond acceptors (Lipinski definition) is 9. The van der Waals surface area contributed by atoms with Gasteiger partial charge in [-0.3, -0.25) is 9.80 Å². The highest BCUT2D eigenvalue weighted by molar-refractivity contribution is 5.90. The fraction of sp³-hybridized carbons (Fsp3) is 0.294. The first-order valence-corrected chi connectivity index (χ1v) is 14.7. The van der Waals surface area contributed by atoms with Crippen molar-refractivity contribution in [3.05, 3.63) is 108 Å². The van der Waals surface area contributed by atoms with Crippen LogP contribution in [0, 0.1) is 0 Å². The number of nitrogens with zero attached hydrogens (tertiary/aromatic N) is 3. The van der Waals surface area contributed by atoms with E-state index in [1.165, 1.54) is 17.5 Å². The van der Waals surface area contributed by atoms with Crippen LogP contribution in [0.25, 0.3) is 0 Å². The molecule has 266 valence electrons. The molecule has 15 nitrogen and oxygen atoms in total. The quantitative estimate of drug-likeness (QED) is 0.166. The molecule has 1 heterocycles. The predicted molar refractivity (Wildman–Crippen MR) is 179 cm³/mol. The van der Waals surface area contributed by atoms with Gasteiger partial charge in [-0.1, -0.05) is 60.7 Å². The van der Waals surface area contributed by atoms with Gasteiger partial charge in [0.25, 0.3) is 0 Å². The molecule has 15 heteroatoms. The van der Waals surface area contributed by atoms with E-state index in [9.17, 15) is 28.8 Å². The Labute approximate surface area is 283 Å². The van der Waals surface area contributed by atoms with Gasteiger partial charge in [0.2, 0.25) is 0 Å². The molecule has 1 aliphatic rings. The molecule has 0 saturated carbocycles. The molecule has 1 saturated heterocycles. The lowest BCUT2D eigenvalue weighted by molar-refractivity contribution is -0.134. The predicted octanol–water partition coefficient (Wildman–Crippen LogP) is 2.63. The van der Waals surface area contributed by atoms with E-state index in [-0.39, 0.29) is 0 Å². The Morgan fingerprint density at radius 1 is 0.592 bits per heavy atom. The third kappa shape index (κ3) is 25.2. The molecule has 0 spiro atoms. The average Bonchev–Trinajstić information content (AvgIpc) is 3.04. The largest absolute Gasteiger partial charge is 0.478 e. The zero-order valence-electron chi connectivity index (χ0n) is 27.2. The minimum Gasteiger partial charge on any atom is -0.478 e. The summed E-state index contributed by atoms with van der Waals surface area (Å²) < 4.78 is 0. The highest BCUT2D eigenvalue weighted by Gasteiger charge is 2.25. The van der Waals surface area contributed by atoms with Crippen LogP contribution in [0.5, 0.6) is 0 Å². The molecule has 1 fully saturated rings. The third-order valence-corrected chi connectivity index (χ3v) is 6.24. The summed E-state index contributed by atoms with van der Waals surface area (Å²) in [6.45, 7) is 6.81. The van der Waals surface area contributed by atoms with Gasteiger partial charge in [-0.05, 0) is 38.2 Å². The maximum Gasteiger partial charge on any atom is 0.328 e. The number of carboxylic acids is 6. The van der Waals surface area contributed by atoms with Crippen molar-refractivity contribution < 1.29 is 59.4 Å². The summed E-state index contributed by atoms with van der Waals surface area (Å²) in [7, 11) is 4.33. The molecule has 0 aliphatic carbocycles. The van der Waals surface area contributed by atoms with E-state index in [2.05, 4.69) is 89.5 Å².